The standard InChI is InChI=1S/C24H31N3O4S/c1-3-31-19-6-4-18(5-7-19)17-25-9-8-20-23(24(29)26-12-14-32-15-13-26)21(30-2)16-22(28)27(20)11-10-25/h4-7,16H,3,8-15,17H2,1-2H3. The van der Waals surface area contributed by atoms with Crippen molar-refractivity contribution in [2.75, 3.05) is 51.4 Å². The molecule has 32 heavy (non-hydrogen) atoms. The Hall–Kier alpha value is -2.45. The van der Waals surface area contributed by atoms with E-state index in [-0.39, 0.29) is 11.5 Å². The monoisotopic (exact) mass is 457 g/mol. The molecule has 0 spiro atoms. The minimum Gasteiger partial charge on any atom is -0.496 e. The van der Waals surface area contributed by atoms with Crippen molar-refractivity contribution in [3.8, 4) is 11.5 Å². The normalized spacial score (nSPS) is 16.9. The third-order valence-corrected chi connectivity index (χ3v) is 7.00. The fourth-order valence-corrected chi connectivity index (χ4v) is 5.29. The first-order valence-electron chi connectivity index (χ1n) is 11.2. The molecule has 172 valence electrons. The number of thioether (sulfide) groups is 1. The molecule has 0 atom stereocenters. The number of benzene rings is 1. The number of rotatable bonds is 6. The van der Waals surface area contributed by atoms with E-state index in [1.165, 1.54) is 18.7 Å². The number of ether oxygens (including phenoxy) is 2. The lowest BCUT2D eigenvalue weighted by atomic mass is 10.1. The lowest BCUT2D eigenvalue weighted by molar-refractivity contribution is 0.0766. The van der Waals surface area contributed by atoms with Crippen LogP contribution in [0.2, 0.25) is 0 Å². The molecule has 2 aliphatic heterocycles. The van der Waals surface area contributed by atoms with Gasteiger partial charge in [-0.05, 0) is 24.6 Å². The Bertz CT molecular complexity index is 1000. The third-order valence-electron chi connectivity index (χ3n) is 6.06. The van der Waals surface area contributed by atoms with Gasteiger partial charge < -0.3 is 18.9 Å². The Morgan fingerprint density at radius 2 is 1.81 bits per heavy atom. The summed E-state index contributed by atoms with van der Waals surface area (Å²) in [4.78, 5) is 30.5. The van der Waals surface area contributed by atoms with Crippen LogP contribution in [-0.4, -0.2) is 71.7 Å². The molecule has 1 amide bonds. The zero-order valence-corrected chi connectivity index (χ0v) is 19.7. The quantitative estimate of drug-likeness (QED) is 0.664. The van der Waals surface area contributed by atoms with Crippen molar-refractivity contribution in [2.45, 2.75) is 26.4 Å². The molecule has 1 fully saturated rings. The van der Waals surface area contributed by atoms with Gasteiger partial charge in [0.1, 0.15) is 17.1 Å². The number of hydrogen-bond acceptors (Lipinski definition) is 6. The first-order chi connectivity index (χ1) is 15.6. The second kappa shape index (κ2) is 10.4. The van der Waals surface area contributed by atoms with E-state index >= 15 is 0 Å². The molecule has 8 heteroatoms. The van der Waals surface area contributed by atoms with Crippen molar-refractivity contribution in [3.05, 3.63) is 57.5 Å². The van der Waals surface area contributed by atoms with E-state index in [4.69, 9.17) is 9.47 Å². The van der Waals surface area contributed by atoms with Gasteiger partial charge in [-0.25, -0.2) is 0 Å². The minimum absolute atomic E-state index is 0.0223. The number of aromatic nitrogens is 1. The summed E-state index contributed by atoms with van der Waals surface area (Å²) < 4.78 is 12.8. The van der Waals surface area contributed by atoms with Crippen LogP contribution < -0.4 is 15.0 Å². The van der Waals surface area contributed by atoms with Crippen LogP contribution in [0.4, 0.5) is 0 Å². The molecule has 2 aliphatic rings. The number of fused-ring (bicyclic) bond motifs is 1. The van der Waals surface area contributed by atoms with Gasteiger partial charge in [0.05, 0.1) is 13.7 Å². The van der Waals surface area contributed by atoms with E-state index in [0.717, 1.165) is 55.7 Å². The van der Waals surface area contributed by atoms with E-state index in [1.54, 1.807) is 4.57 Å². The Morgan fingerprint density at radius 1 is 1.06 bits per heavy atom. The molecule has 4 rings (SSSR count). The summed E-state index contributed by atoms with van der Waals surface area (Å²) in [6, 6.07) is 9.63. The summed E-state index contributed by atoms with van der Waals surface area (Å²) in [5.74, 6) is 3.13. The van der Waals surface area contributed by atoms with Crippen molar-refractivity contribution in [1.82, 2.24) is 14.4 Å². The fraction of sp³-hybridized carbons (Fsp3) is 0.500. The molecule has 0 unspecified atom stereocenters. The highest BCUT2D eigenvalue weighted by atomic mass is 32.2. The van der Waals surface area contributed by atoms with Gasteiger partial charge >= 0.3 is 0 Å². The Morgan fingerprint density at radius 3 is 2.50 bits per heavy atom. The van der Waals surface area contributed by atoms with Crippen molar-refractivity contribution in [1.29, 1.82) is 0 Å². The van der Waals surface area contributed by atoms with E-state index in [1.807, 2.05) is 35.7 Å². The second-order valence-electron chi connectivity index (χ2n) is 8.03. The van der Waals surface area contributed by atoms with Crippen LogP contribution in [0.15, 0.2) is 35.1 Å². The van der Waals surface area contributed by atoms with Crippen molar-refractivity contribution >= 4 is 17.7 Å². The number of carbonyl (C=O) groups excluding carboxylic acids is 1. The number of carbonyl (C=O) groups is 1. The predicted molar refractivity (Wildman–Crippen MR) is 127 cm³/mol. The highest BCUT2D eigenvalue weighted by molar-refractivity contribution is 7.99. The van der Waals surface area contributed by atoms with Crippen LogP contribution in [0.25, 0.3) is 0 Å². The predicted octanol–water partition coefficient (Wildman–Crippen LogP) is 2.50. The Balaban J connectivity index is 1.56. The van der Waals surface area contributed by atoms with Gasteiger partial charge in [-0.2, -0.15) is 11.8 Å². The van der Waals surface area contributed by atoms with Crippen LogP contribution in [-0.2, 0) is 19.5 Å². The maximum atomic E-state index is 13.4. The molecular formula is C24H31N3O4S. The number of nitrogens with zero attached hydrogens (tertiary/aromatic N) is 3. The lowest BCUT2D eigenvalue weighted by Crippen LogP contribution is -2.39. The smallest absolute Gasteiger partial charge is 0.259 e. The summed E-state index contributed by atoms with van der Waals surface area (Å²) in [6.45, 7) is 6.97. The van der Waals surface area contributed by atoms with Crippen molar-refractivity contribution in [2.24, 2.45) is 0 Å². The molecule has 7 nitrogen and oxygen atoms in total. The van der Waals surface area contributed by atoms with Crippen LogP contribution in [0, 0.1) is 0 Å². The summed E-state index contributed by atoms with van der Waals surface area (Å²) in [5.41, 5.74) is 2.45. The van der Waals surface area contributed by atoms with Crippen LogP contribution in [0.5, 0.6) is 11.5 Å². The molecule has 0 radical (unpaired) electrons. The number of methoxy groups -OCH3 is 1. The summed E-state index contributed by atoms with van der Waals surface area (Å²) in [6.07, 6.45) is 0.632. The molecule has 0 aliphatic carbocycles. The van der Waals surface area contributed by atoms with Gasteiger partial charge in [-0.15, -0.1) is 0 Å². The summed E-state index contributed by atoms with van der Waals surface area (Å²) >= 11 is 1.87. The van der Waals surface area contributed by atoms with E-state index < -0.39 is 0 Å². The fourth-order valence-electron chi connectivity index (χ4n) is 4.38. The first-order valence-corrected chi connectivity index (χ1v) is 12.4. The molecular weight excluding hydrogens is 426 g/mol. The number of amides is 1. The highest BCUT2D eigenvalue weighted by Gasteiger charge is 2.29. The molecule has 1 aromatic heterocycles. The Labute approximate surface area is 193 Å². The number of pyridine rings is 1. The Kier molecular flexibility index (Phi) is 7.42. The molecule has 0 saturated carbocycles. The molecule has 3 heterocycles. The largest absolute Gasteiger partial charge is 0.496 e. The summed E-state index contributed by atoms with van der Waals surface area (Å²) in [7, 11) is 1.53. The van der Waals surface area contributed by atoms with Gasteiger partial charge in [-0.3, -0.25) is 14.5 Å². The van der Waals surface area contributed by atoms with E-state index in [2.05, 4.69) is 17.0 Å². The van der Waals surface area contributed by atoms with Gasteiger partial charge in [0.15, 0.2) is 0 Å². The lowest BCUT2D eigenvalue weighted by Gasteiger charge is -2.28. The zero-order chi connectivity index (χ0) is 22.5. The first kappa shape index (κ1) is 22.7. The van der Waals surface area contributed by atoms with Crippen molar-refractivity contribution < 1.29 is 14.3 Å². The molecule has 2 aromatic rings. The van der Waals surface area contributed by atoms with Crippen LogP contribution >= 0.6 is 11.8 Å². The van der Waals surface area contributed by atoms with E-state index in [0.29, 0.717) is 30.9 Å². The van der Waals surface area contributed by atoms with Crippen molar-refractivity contribution in [3.63, 3.8) is 0 Å². The topological polar surface area (TPSA) is 64.0 Å². The molecule has 1 saturated heterocycles. The van der Waals surface area contributed by atoms with Gasteiger partial charge in [0.2, 0.25) is 0 Å². The SMILES string of the molecule is CCOc1ccc(CN2CCc3c(C(=O)N4CCSCC4)c(OC)cc(=O)n3CC2)cc1. The average Bonchev–Trinajstić information content (AvgIpc) is 3.03. The zero-order valence-electron chi connectivity index (χ0n) is 18.8. The maximum Gasteiger partial charge on any atom is 0.259 e. The number of hydrogen-bond donors (Lipinski definition) is 0. The third kappa shape index (κ3) is 4.96. The van der Waals surface area contributed by atoms with Crippen LogP contribution in [0.1, 0.15) is 28.5 Å². The average molecular weight is 458 g/mol. The molecule has 1 aromatic carbocycles. The van der Waals surface area contributed by atoms with Gasteiger partial charge in [0.25, 0.3) is 11.5 Å². The highest BCUT2D eigenvalue weighted by Crippen LogP contribution is 2.26. The van der Waals surface area contributed by atoms with Crippen LogP contribution in [0.3, 0.4) is 0 Å². The molecule has 0 N–H and O–H groups in total. The minimum atomic E-state index is -0.106. The van der Waals surface area contributed by atoms with Gasteiger partial charge in [0, 0.05) is 69.0 Å². The van der Waals surface area contributed by atoms with Gasteiger partial charge in [-0.1, -0.05) is 12.1 Å². The summed E-state index contributed by atoms with van der Waals surface area (Å²) in [5, 5.41) is 0. The second-order valence-corrected chi connectivity index (χ2v) is 9.26. The van der Waals surface area contributed by atoms with E-state index in [9.17, 15) is 9.59 Å². The maximum absolute atomic E-state index is 13.4. The molecule has 0 bridgehead atoms.